The minimum atomic E-state index is -0.832. The lowest BCUT2D eigenvalue weighted by Crippen LogP contribution is -2.15. The number of fused-ring (bicyclic) bond motifs is 1. The van der Waals surface area contributed by atoms with Gasteiger partial charge in [0.25, 0.3) is 0 Å². The summed E-state index contributed by atoms with van der Waals surface area (Å²) in [5, 5.41) is 22.1. The van der Waals surface area contributed by atoms with E-state index in [9.17, 15) is 9.90 Å². The van der Waals surface area contributed by atoms with Crippen LogP contribution in [0.15, 0.2) is 41.4 Å². The summed E-state index contributed by atoms with van der Waals surface area (Å²) in [6.45, 7) is 3.87. The number of thioether (sulfide) groups is 1. The second-order valence-corrected chi connectivity index (χ2v) is 6.41. The molecule has 2 aromatic heterocycles. The fourth-order valence-corrected chi connectivity index (χ4v) is 3.01. The van der Waals surface area contributed by atoms with E-state index in [0.29, 0.717) is 22.9 Å². The van der Waals surface area contributed by atoms with E-state index in [4.69, 9.17) is 0 Å². The van der Waals surface area contributed by atoms with Crippen molar-refractivity contribution in [3.05, 3.63) is 42.0 Å². The second-order valence-electron chi connectivity index (χ2n) is 5.18. The van der Waals surface area contributed by atoms with E-state index < -0.39 is 11.2 Å². The quantitative estimate of drug-likeness (QED) is 0.725. The Morgan fingerprint density at radius 2 is 1.96 bits per heavy atom. The average Bonchev–Trinajstić information content (AvgIpc) is 2.96. The lowest BCUT2D eigenvalue weighted by Gasteiger charge is -2.08. The van der Waals surface area contributed by atoms with E-state index >= 15 is 0 Å². The van der Waals surface area contributed by atoms with Gasteiger partial charge in [0.05, 0.1) is 0 Å². The van der Waals surface area contributed by atoms with Gasteiger partial charge in [-0.2, -0.15) is 9.61 Å². The first-order chi connectivity index (χ1) is 11.1. The Morgan fingerprint density at radius 1 is 1.22 bits per heavy atom. The van der Waals surface area contributed by atoms with Crippen LogP contribution in [-0.2, 0) is 4.79 Å². The molecule has 0 fully saturated rings. The monoisotopic (exact) mass is 328 g/mol. The topological polar surface area (TPSA) is 80.4 Å². The minimum absolute atomic E-state index is 0.515. The van der Waals surface area contributed by atoms with Crippen molar-refractivity contribution in [2.24, 2.45) is 0 Å². The van der Waals surface area contributed by atoms with Crippen molar-refractivity contribution in [3.8, 4) is 11.4 Å². The van der Waals surface area contributed by atoms with E-state index in [2.05, 4.69) is 15.3 Å². The van der Waals surface area contributed by atoms with Crippen molar-refractivity contribution in [1.82, 2.24) is 19.8 Å². The van der Waals surface area contributed by atoms with Gasteiger partial charge in [-0.1, -0.05) is 48.5 Å². The molecule has 6 nitrogen and oxygen atoms in total. The van der Waals surface area contributed by atoms with Gasteiger partial charge in [0.15, 0.2) is 11.5 Å². The van der Waals surface area contributed by atoms with E-state index in [1.165, 1.54) is 17.3 Å². The summed E-state index contributed by atoms with van der Waals surface area (Å²) >= 11 is 1.23. The van der Waals surface area contributed by atoms with Crippen molar-refractivity contribution >= 4 is 23.4 Å². The number of hydrogen-bond donors (Lipinski definition) is 1. The third-order valence-electron chi connectivity index (χ3n) is 3.46. The van der Waals surface area contributed by atoms with Crippen molar-refractivity contribution < 1.29 is 9.90 Å². The molecule has 0 amide bonds. The predicted molar refractivity (Wildman–Crippen MR) is 88.5 cm³/mol. The van der Waals surface area contributed by atoms with Crippen LogP contribution in [0.5, 0.6) is 0 Å². The fourth-order valence-electron chi connectivity index (χ4n) is 2.17. The molecule has 118 valence electrons. The van der Waals surface area contributed by atoms with Crippen LogP contribution in [0.4, 0.5) is 0 Å². The Kier molecular flexibility index (Phi) is 4.29. The molecule has 0 aliphatic carbocycles. The Balaban J connectivity index is 2.00. The number of benzene rings is 1. The van der Waals surface area contributed by atoms with Crippen LogP contribution in [0, 0.1) is 6.92 Å². The molecule has 0 unspecified atom stereocenters. The Hall–Kier alpha value is -2.41. The Morgan fingerprint density at radius 3 is 2.61 bits per heavy atom. The first-order valence-corrected chi connectivity index (χ1v) is 8.15. The first-order valence-electron chi connectivity index (χ1n) is 7.27. The summed E-state index contributed by atoms with van der Waals surface area (Å²) in [7, 11) is 0. The number of aromatic nitrogens is 4. The smallest absolute Gasteiger partial charge is 0.317 e. The maximum atomic E-state index is 11.2. The van der Waals surface area contributed by atoms with Crippen LogP contribution >= 0.6 is 11.8 Å². The van der Waals surface area contributed by atoms with Crippen molar-refractivity contribution in [2.45, 2.75) is 30.5 Å². The molecule has 3 aromatic rings. The molecule has 0 aliphatic rings. The minimum Gasteiger partial charge on any atom is -0.480 e. The standard InChI is InChI=1S/C16H16N4O2S/c1-3-12(16(21)22)23-14-9-8-13-17-18-15(20(13)19-14)11-6-4-10(2)5-7-11/h4-9,12H,3H2,1-2H3,(H,21,22)/t12-/m1/s1. The zero-order valence-electron chi connectivity index (χ0n) is 12.8. The van der Waals surface area contributed by atoms with Gasteiger partial charge in [-0.25, -0.2) is 0 Å². The highest BCUT2D eigenvalue weighted by atomic mass is 32.2. The molecule has 23 heavy (non-hydrogen) atoms. The lowest BCUT2D eigenvalue weighted by molar-refractivity contribution is -0.136. The van der Waals surface area contributed by atoms with Gasteiger partial charge in [-0.3, -0.25) is 4.79 Å². The number of hydrogen-bond acceptors (Lipinski definition) is 5. The summed E-state index contributed by atoms with van der Waals surface area (Å²) in [5.41, 5.74) is 2.72. The molecule has 1 aromatic carbocycles. The number of nitrogens with zero attached hydrogens (tertiary/aromatic N) is 4. The fraction of sp³-hybridized carbons (Fsp3) is 0.250. The van der Waals surface area contributed by atoms with Gasteiger partial charge < -0.3 is 5.11 Å². The van der Waals surface area contributed by atoms with Crippen molar-refractivity contribution in [2.75, 3.05) is 0 Å². The molecule has 0 bridgehead atoms. The summed E-state index contributed by atoms with van der Waals surface area (Å²) in [5.74, 6) is -0.187. The summed E-state index contributed by atoms with van der Waals surface area (Å²) in [4.78, 5) is 11.2. The van der Waals surface area contributed by atoms with Crippen molar-refractivity contribution in [3.63, 3.8) is 0 Å². The zero-order chi connectivity index (χ0) is 16.4. The molecule has 0 saturated carbocycles. The molecule has 2 heterocycles. The van der Waals surface area contributed by atoms with Crippen LogP contribution in [0.25, 0.3) is 17.0 Å². The van der Waals surface area contributed by atoms with Crippen LogP contribution in [0.2, 0.25) is 0 Å². The van der Waals surface area contributed by atoms with Gasteiger partial charge in [0.1, 0.15) is 10.3 Å². The maximum absolute atomic E-state index is 11.2. The Bertz CT molecular complexity index is 845. The van der Waals surface area contributed by atoms with E-state index in [1.54, 1.807) is 16.6 Å². The second kappa shape index (κ2) is 6.37. The normalized spacial score (nSPS) is 12.4. The molecule has 0 spiro atoms. The molecule has 0 saturated heterocycles. The summed E-state index contributed by atoms with van der Waals surface area (Å²) in [6, 6.07) is 11.5. The van der Waals surface area contributed by atoms with Gasteiger partial charge >= 0.3 is 5.97 Å². The molecular formula is C16H16N4O2S. The van der Waals surface area contributed by atoms with Crippen LogP contribution in [-0.4, -0.2) is 36.1 Å². The van der Waals surface area contributed by atoms with Gasteiger partial charge in [0, 0.05) is 5.56 Å². The first kappa shape index (κ1) is 15.5. The molecule has 1 atom stereocenters. The van der Waals surface area contributed by atoms with Gasteiger partial charge in [-0.05, 0) is 25.5 Å². The largest absolute Gasteiger partial charge is 0.480 e. The highest BCUT2D eigenvalue weighted by Crippen LogP contribution is 2.25. The highest BCUT2D eigenvalue weighted by Gasteiger charge is 2.18. The highest BCUT2D eigenvalue weighted by molar-refractivity contribution is 8.00. The van der Waals surface area contributed by atoms with E-state index in [1.807, 2.05) is 38.1 Å². The summed E-state index contributed by atoms with van der Waals surface area (Å²) in [6.07, 6.45) is 0.534. The summed E-state index contributed by atoms with van der Waals surface area (Å²) < 4.78 is 1.65. The zero-order valence-corrected chi connectivity index (χ0v) is 13.6. The number of aryl methyl sites for hydroxylation is 1. The molecule has 1 N–H and O–H groups in total. The van der Waals surface area contributed by atoms with Gasteiger partial charge in [-0.15, -0.1) is 10.2 Å². The maximum Gasteiger partial charge on any atom is 0.317 e. The number of carboxylic acids is 1. The average molecular weight is 328 g/mol. The van der Waals surface area contributed by atoms with Crippen LogP contribution in [0.3, 0.4) is 0 Å². The van der Waals surface area contributed by atoms with Crippen LogP contribution in [0.1, 0.15) is 18.9 Å². The molecule has 3 rings (SSSR count). The van der Waals surface area contributed by atoms with E-state index in [0.717, 1.165) is 5.56 Å². The number of aliphatic carboxylic acids is 1. The van der Waals surface area contributed by atoms with Gasteiger partial charge in [0.2, 0.25) is 0 Å². The number of carboxylic acid groups (broad SMARTS) is 1. The lowest BCUT2D eigenvalue weighted by atomic mass is 10.1. The van der Waals surface area contributed by atoms with Crippen LogP contribution < -0.4 is 0 Å². The number of rotatable bonds is 5. The molecular weight excluding hydrogens is 312 g/mol. The third kappa shape index (κ3) is 3.19. The van der Waals surface area contributed by atoms with E-state index in [-0.39, 0.29) is 0 Å². The predicted octanol–water partition coefficient (Wildman–Crippen LogP) is 3.06. The van der Waals surface area contributed by atoms with Crippen molar-refractivity contribution in [1.29, 1.82) is 0 Å². The molecule has 0 radical (unpaired) electrons. The molecule has 0 aliphatic heterocycles. The molecule has 7 heteroatoms. The third-order valence-corrected chi connectivity index (χ3v) is 4.74. The Labute approximate surface area is 137 Å². The number of carbonyl (C=O) groups is 1. The SMILES string of the molecule is CC[C@@H](Sc1ccc2nnc(-c3ccc(C)cc3)n2n1)C(=O)O.